The van der Waals surface area contributed by atoms with Gasteiger partial charge in [-0.25, -0.2) is 9.59 Å². The van der Waals surface area contributed by atoms with Gasteiger partial charge in [-0.15, -0.1) is 0 Å². The zero-order valence-corrected chi connectivity index (χ0v) is 11.4. The molecule has 0 unspecified atom stereocenters. The molecule has 0 atom stereocenters. The van der Waals surface area contributed by atoms with Crippen molar-refractivity contribution in [1.82, 2.24) is 15.5 Å². The molecule has 104 valence electrons. The minimum atomic E-state index is -0.261. The van der Waals surface area contributed by atoms with Crippen LogP contribution in [0, 0.1) is 0 Å². The first kappa shape index (κ1) is 14.6. The summed E-state index contributed by atoms with van der Waals surface area (Å²) >= 11 is 0. The van der Waals surface area contributed by atoms with Crippen LogP contribution in [0.3, 0.4) is 0 Å². The van der Waals surface area contributed by atoms with Crippen molar-refractivity contribution in [2.75, 3.05) is 19.7 Å². The summed E-state index contributed by atoms with van der Waals surface area (Å²) in [6, 6.07) is 0.124. The predicted octanol–water partition coefficient (Wildman–Crippen LogP) is 1.31. The molecule has 1 aliphatic rings. The maximum absolute atomic E-state index is 11.5. The van der Waals surface area contributed by atoms with E-state index in [4.69, 9.17) is 4.74 Å². The highest BCUT2D eigenvalue weighted by atomic mass is 16.6. The Balaban J connectivity index is 2.27. The molecule has 6 nitrogen and oxygen atoms in total. The Labute approximate surface area is 108 Å². The molecular weight excluding hydrogens is 234 g/mol. The van der Waals surface area contributed by atoms with Gasteiger partial charge in [0.25, 0.3) is 0 Å². The van der Waals surface area contributed by atoms with Crippen LogP contribution >= 0.6 is 0 Å². The number of hydrogen-bond donors (Lipinski definition) is 2. The molecule has 1 aliphatic heterocycles. The van der Waals surface area contributed by atoms with Crippen molar-refractivity contribution >= 4 is 12.1 Å². The van der Waals surface area contributed by atoms with Crippen LogP contribution in [0.1, 0.15) is 33.6 Å². The molecule has 1 fully saturated rings. The van der Waals surface area contributed by atoms with Crippen LogP contribution < -0.4 is 10.6 Å². The Morgan fingerprint density at radius 3 is 2.44 bits per heavy atom. The van der Waals surface area contributed by atoms with Crippen LogP contribution in [0.5, 0.6) is 0 Å². The number of hydrogen-bond acceptors (Lipinski definition) is 3. The zero-order valence-electron chi connectivity index (χ0n) is 11.4. The molecule has 0 aromatic heterocycles. The number of urea groups is 1. The molecule has 0 bridgehead atoms. The van der Waals surface area contributed by atoms with Crippen LogP contribution in [-0.4, -0.2) is 48.8 Å². The number of carbonyl (C=O) groups excluding carboxylic acids is 2. The van der Waals surface area contributed by atoms with E-state index in [0.717, 1.165) is 12.8 Å². The van der Waals surface area contributed by atoms with E-state index >= 15 is 0 Å². The number of piperidine rings is 1. The van der Waals surface area contributed by atoms with Gasteiger partial charge < -0.3 is 20.3 Å². The lowest BCUT2D eigenvalue weighted by Crippen LogP contribution is -2.50. The second kappa shape index (κ2) is 7.08. The smallest absolute Gasteiger partial charge is 0.409 e. The van der Waals surface area contributed by atoms with Crippen molar-refractivity contribution in [3.63, 3.8) is 0 Å². The van der Waals surface area contributed by atoms with Crippen molar-refractivity contribution in [3.8, 4) is 0 Å². The Morgan fingerprint density at radius 1 is 1.33 bits per heavy atom. The lowest BCUT2D eigenvalue weighted by Gasteiger charge is -2.31. The monoisotopic (exact) mass is 257 g/mol. The molecular formula is C12H23N3O3. The largest absolute Gasteiger partial charge is 0.450 e. The highest BCUT2D eigenvalue weighted by Gasteiger charge is 2.24. The normalized spacial score (nSPS) is 16.6. The summed E-state index contributed by atoms with van der Waals surface area (Å²) in [6.07, 6.45) is 1.27. The molecule has 1 saturated heterocycles. The number of likely N-dealkylation sites (tertiary alicyclic amines) is 1. The molecule has 0 saturated carbocycles. The van der Waals surface area contributed by atoms with Crippen molar-refractivity contribution in [1.29, 1.82) is 0 Å². The second-order valence-electron chi connectivity index (χ2n) is 4.73. The van der Waals surface area contributed by atoms with Crippen LogP contribution in [0.15, 0.2) is 0 Å². The van der Waals surface area contributed by atoms with Crippen molar-refractivity contribution in [2.45, 2.75) is 45.7 Å². The highest BCUT2D eigenvalue weighted by molar-refractivity contribution is 5.74. The fourth-order valence-electron chi connectivity index (χ4n) is 1.91. The first-order valence-corrected chi connectivity index (χ1v) is 6.51. The molecule has 0 aliphatic carbocycles. The van der Waals surface area contributed by atoms with Gasteiger partial charge in [0, 0.05) is 25.2 Å². The topological polar surface area (TPSA) is 70.7 Å². The third-order valence-corrected chi connectivity index (χ3v) is 2.78. The quantitative estimate of drug-likeness (QED) is 0.801. The van der Waals surface area contributed by atoms with Gasteiger partial charge in [-0.05, 0) is 33.6 Å². The Hall–Kier alpha value is -1.46. The minimum Gasteiger partial charge on any atom is -0.450 e. The third kappa shape index (κ3) is 4.81. The summed E-state index contributed by atoms with van der Waals surface area (Å²) in [4.78, 5) is 24.7. The number of nitrogens with one attached hydrogen (secondary N) is 2. The molecule has 3 amide bonds. The van der Waals surface area contributed by atoms with Gasteiger partial charge in [-0.3, -0.25) is 0 Å². The second-order valence-corrected chi connectivity index (χ2v) is 4.73. The number of amides is 3. The number of ether oxygens (including phenoxy) is 1. The van der Waals surface area contributed by atoms with E-state index in [1.54, 1.807) is 11.8 Å². The first-order valence-electron chi connectivity index (χ1n) is 6.51. The van der Waals surface area contributed by atoms with Gasteiger partial charge in [-0.2, -0.15) is 0 Å². The maximum Gasteiger partial charge on any atom is 0.409 e. The average Bonchev–Trinajstić information content (AvgIpc) is 2.29. The Kier molecular flexibility index (Phi) is 5.74. The molecule has 0 aromatic carbocycles. The fourth-order valence-corrected chi connectivity index (χ4v) is 1.91. The Bertz CT molecular complexity index is 286. The van der Waals surface area contributed by atoms with Gasteiger partial charge in [0.2, 0.25) is 0 Å². The lowest BCUT2D eigenvalue weighted by atomic mass is 10.1. The van der Waals surface area contributed by atoms with E-state index in [1.807, 2.05) is 13.8 Å². The van der Waals surface area contributed by atoms with Crippen LogP contribution in [0.25, 0.3) is 0 Å². The van der Waals surface area contributed by atoms with Crippen LogP contribution in [0.4, 0.5) is 9.59 Å². The van der Waals surface area contributed by atoms with Gasteiger partial charge in [0.1, 0.15) is 0 Å². The molecule has 0 radical (unpaired) electrons. The standard InChI is InChI=1S/C12H23N3O3/c1-4-18-12(17)15-7-5-10(6-8-15)14-11(16)13-9(2)3/h9-10H,4-8H2,1-3H3,(H2,13,14,16). The van der Waals surface area contributed by atoms with Crippen molar-refractivity contribution in [2.24, 2.45) is 0 Å². The maximum atomic E-state index is 11.5. The van der Waals surface area contributed by atoms with E-state index in [1.165, 1.54) is 0 Å². The average molecular weight is 257 g/mol. The highest BCUT2D eigenvalue weighted by Crippen LogP contribution is 2.11. The summed E-state index contributed by atoms with van der Waals surface area (Å²) in [6.45, 7) is 7.29. The van der Waals surface area contributed by atoms with E-state index in [9.17, 15) is 9.59 Å². The minimum absolute atomic E-state index is 0.129. The molecule has 6 heteroatoms. The SMILES string of the molecule is CCOC(=O)N1CCC(NC(=O)NC(C)C)CC1. The fraction of sp³-hybridized carbons (Fsp3) is 0.833. The van der Waals surface area contributed by atoms with Crippen molar-refractivity contribution < 1.29 is 14.3 Å². The first-order chi connectivity index (χ1) is 8.52. The van der Waals surface area contributed by atoms with Gasteiger partial charge in [0.05, 0.1) is 6.61 Å². The predicted molar refractivity (Wildman–Crippen MR) is 68.4 cm³/mol. The summed E-state index contributed by atoms with van der Waals surface area (Å²) in [5.74, 6) is 0. The molecule has 2 N–H and O–H groups in total. The van der Waals surface area contributed by atoms with Crippen LogP contribution in [-0.2, 0) is 4.74 Å². The van der Waals surface area contributed by atoms with E-state index in [0.29, 0.717) is 19.7 Å². The summed E-state index contributed by atoms with van der Waals surface area (Å²) in [5, 5.41) is 5.70. The van der Waals surface area contributed by atoms with Gasteiger partial charge in [0.15, 0.2) is 0 Å². The van der Waals surface area contributed by atoms with E-state index in [2.05, 4.69) is 10.6 Å². The molecule has 1 rings (SSSR count). The summed E-state index contributed by atoms with van der Waals surface area (Å²) in [7, 11) is 0. The van der Waals surface area contributed by atoms with E-state index in [-0.39, 0.29) is 24.2 Å². The number of rotatable bonds is 3. The molecule has 0 aromatic rings. The lowest BCUT2D eigenvalue weighted by molar-refractivity contribution is 0.0957. The molecule has 1 heterocycles. The number of nitrogens with zero attached hydrogens (tertiary/aromatic N) is 1. The molecule has 18 heavy (non-hydrogen) atoms. The summed E-state index contributed by atoms with van der Waals surface area (Å²) in [5.41, 5.74) is 0. The Morgan fingerprint density at radius 2 is 1.94 bits per heavy atom. The van der Waals surface area contributed by atoms with Crippen molar-refractivity contribution in [3.05, 3.63) is 0 Å². The third-order valence-electron chi connectivity index (χ3n) is 2.78. The van der Waals surface area contributed by atoms with E-state index < -0.39 is 0 Å². The zero-order chi connectivity index (χ0) is 13.5. The molecule has 0 spiro atoms. The number of carbonyl (C=O) groups is 2. The van der Waals surface area contributed by atoms with Gasteiger partial charge >= 0.3 is 12.1 Å². The van der Waals surface area contributed by atoms with Crippen LogP contribution in [0.2, 0.25) is 0 Å². The van der Waals surface area contributed by atoms with Gasteiger partial charge in [-0.1, -0.05) is 0 Å². The summed E-state index contributed by atoms with van der Waals surface area (Å²) < 4.78 is 4.94.